The van der Waals surface area contributed by atoms with Crippen molar-refractivity contribution in [3.63, 3.8) is 0 Å². The maximum Gasteiger partial charge on any atom is 0.271 e. The lowest BCUT2D eigenvalue weighted by atomic mass is 10.0. The van der Waals surface area contributed by atoms with E-state index in [1.54, 1.807) is 18.2 Å². The molecule has 9 nitrogen and oxygen atoms in total. The molecule has 0 saturated heterocycles. The summed E-state index contributed by atoms with van der Waals surface area (Å²) in [7, 11) is 0. The van der Waals surface area contributed by atoms with Gasteiger partial charge < -0.3 is 22.1 Å². The molecule has 0 bridgehead atoms. The van der Waals surface area contributed by atoms with Gasteiger partial charge in [0.2, 0.25) is 5.91 Å². The SMILES string of the molecule is CC(C)C(Nc1cnc(C(N)=O)c(Nc2cnc3c(F)cccc3c2)n1)C(N)=O. The number of rotatable bonds is 7. The van der Waals surface area contributed by atoms with E-state index in [0.717, 1.165) is 0 Å². The normalized spacial score (nSPS) is 12.0. The van der Waals surface area contributed by atoms with E-state index in [1.165, 1.54) is 18.5 Å². The van der Waals surface area contributed by atoms with Crippen LogP contribution in [0.2, 0.25) is 0 Å². The predicted octanol–water partition coefficient (Wildman–Crippen LogP) is 1.93. The fraction of sp³-hybridized carbons (Fsp3) is 0.211. The molecule has 3 aromatic rings. The molecule has 0 aliphatic rings. The number of amides is 2. The van der Waals surface area contributed by atoms with E-state index in [0.29, 0.717) is 11.1 Å². The number of anilines is 3. The smallest absolute Gasteiger partial charge is 0.271 e. The summed E-state index contributed by atoms with van der Waals surface area (Å²) in [4.78, 5) is 35.8. The van der Waals surface area contributed by atoms with Crippen LogP contribution in [0.4, 0.5) is 21.7 Å². The highest BCUT2D eigenvalue weighted by Gasteiger charge is 2.21. The molecule has 1 aromatic carbocycles. The molecule has 0 aliphatic heterocycles. The first-order valence-corrected chi connectivity index (χ1v) is 8.80. The van der Waals surface area contributed by atoms with Crippen molar-refractivity contribution in [2.45, 2.75) is 19.9 Å². The quantitative estimate of drug-likeness (QED) is 0.476. The Morgan fingerprint density at radius 2 is 1.90 bits per heavy atom. The number of carbonyl (C=O) groups excluding carboxylic acids is 2. The third kappa shape index (κ3) is 4.37. The van der Waals surface area contributed by atoms with E-state index >= 15 is 0 Å². The van der Waals surface area contributed by atoms with Crippen LogP contribution in [0, 0.1) is 11.7 Å². The highest BCUT2D eigenvalue weighted by atomic mass is 19.1. The van der Waals surface area contributed by atoms with Gasteiger partial charge >= 0.3 is 0 Å². The molecule has 0 spiro atoms. The first kappa shape index (κ1) is 19.9. The van der Waals surface area contributed by atoms with Crippen molar-refractivity contribution >= 4 is 40.0 Å². The Labute approximate surface area is 165 Å². The molecule has 29 heavy (non-hydrogen) atoms. The predicted molar refractivity (Wildman–Crippen MR) is 107 cm³/mol. The average molecular weight is 397 g/mol. The number of fused-ring (bicyclic) bond motifs is 1. The van der Waals surface area contributed by atoms with Crippen LogP contribution in [0.15, 0.2) is 36.7 Å². The van der Waals surface area contributed by atoms with Crippen molar-refractivity contribution < 1.29 is 14.0 Å². The van der Waals surface area contributed by atoms with Crippen molar-refractivity contribution in [1.29, 1.82) is 0 Å². The minimum atomic E-state index is -0.790. The van der Waals surface area contributed by atoms with Crippen LogP contribution in [0.3, 0.4) is 0 Å². The summed E-state index contributed by atoms with van der Waals surface area (Å²) in [6.07, 6.45) is 2.69. The second-order valence-electron chi connectivity index (χ2n) is 6.75. The van der Waals surface area contributed by atoms with Gasteiger partial charge in [0, 0.05) is 5.39 Å². The summed E-state index contributed by atoms with van der Waals surface area (Å²) in [6.45, 7) is 3.65. The molecule has 0 radical (unpaired) electrons. The van der Waals surface area contributed by atoms with Gasteiger partial charge in [-0.15, -0.1) is 0 Å². The van der Waals surface area contributed by atoms with Crippen LogP contribution in [-0.2, 0) is 4.79 Å². The van der Waals surface area contributed by atoms with E-state index in [-0.39, 0.29) is 28.8 Å². The van der Waals surface area contributed by atoms with Gasteiger partial charge in [0.25, 0.3) is 5.91 Å². The molecule has 1 unspecified atom stereocenters. The third-order valence-electron chi connectivity index (χ3n) is 4.21. The van der Waals surface area contributed by atoms with Crippen molar-refractivity contribution in [2.24, 2.45) is 17.4 Å². The third-order valence-corrected chi connectivity index (χ3v) is 4.21. The number of pyridine rings is 1. The minimum absolute atomic E-state index is 0.0621. The lowest BCUT2D eigenvalue weighted by molar-refractivity contribution is -0.119. The van der Waals surface area contributed by atoms with Gasteiger partial charge in [0.15, 0.2) is 11.5 Å². The number of nitrogens with one attached hydrogen (secondary N) is 2. The van der Waals surface area contributed by atoms with E-state index < -0.39 is 23.7 Å². The van der Waals surface area contributed by atoms with Crippen LogP contribution < -0.4 is 22.1 Å². The summed E-state index contributed by atoms with van der Waals surface area (Å²) in [6, 6.07) is 5.56. The molecule has 6 N–H and O–H groups in total. The number of para-hydroxylation sites is 1. The van der Waals surface area contributed by atoms with Gasteiger partial charge in [-0.2, -0.15) is 0 Å². The summed E-state index contributed by atoms with van der Waals surface area (Å²) >= 11 is 0. The van der Waals surface area contributed by atoms with E-state index in [4.69, 9.17) is 11.5 Å². The molecule has 2 aromatic heterocycles. The topological polar surface area (TPSA) is 149 Å². The highest BCUT2D eigenvalue weighted by Crippen LogP contribution is 2.23. The maximum absolute atomic E-state index is 13.8. The lowest BCUT2D eigenvalue weighted by Gasteiger charge is -2.20. The zero-order valence-corrected chi connectivity index (χ0v) is 15.8. The van der Waals surface area contributed by atoms with Gasteiger partial charge in [-0.05, 0) is 18.1 Å². The van der Waals surface area contributed by atoms with Crippen molar-refractivity contribution in [3.8, 4) is 0 Å². The van der Waals surface area contributed by atoms with Gasteiger partial charge in [-0.1, -0.05) is 26.0 Å². The van der Waals surface area contributed by atoms with Crippen molar-refractivity contribution in [1.82, 2.24) is 15.0 Å². The number of primary amides is 2. The molecular formula is C19H20FN7O2. The van der Waals surface area contributed by atoms with Crippen molar-refractivity contribution in [2.75, 3.05) is 10.6 Å². The number of aromatic nitrogens is 3. The fourth-order valence-electron chi connectivity index (χ4n) is 2.78. The van der Waals surface area contributed by atoms with Crippen LogP contribution in [0.1, 0.15) is 24.3 Å². The van der Waals surface area contributed by atoms with Gasteiger partial charge in [-0.25, -0.2) is 14.4 Å². The summed E-state index contributed by atoms with van der Waals surface area (Å²) < 4.78 is 13.8. The Kier molecular flexibility index (Phi) is 5.53. The average Bonchev–Trinajstić information content (AvgIpc) is 2.65. The summed E-state index contributed by atoms with van der Waals surface area (Å²) in [5.41, 5.74) is 11.4. The molecule has 3 rings (SSSR count). The Balaban J connectivity index is 1.96. The zero-order valence-electron chi connectivity index (χ0n) is 15.8. The van der Waals surface area contributed by atoms with Crippen LogP contribution in [0.25, 0.3) is 10.9 Å². The molecule has 10 heteroatoms. The molecule has 1 atom stereocenters. The number of hydrogen-bond acceptors (Lipinski definition) is 7. The lowest BCUT2D eigenvalue weighted by Crippen LogP contribution is -2.39. The summed E-state index contributed by atoms with van der Waals surface area (Å²) in [5.74, 6) is -1.58. The van der Waals surface area contributed by atoms with E-state index in [2.05, 4.69) is 25.6 Å². The standard InChI is InChI=1S/C19H20FN7O2/c1-9(2)14(17(21)28)26-13-8-24-16(18(22)29)19(27-13)25-11-6-10-4-3-5-12(20)15(10)23-7-11/h3-9,14H,1-2H3,(H2,21,28)(H2,22,29)(H2,25,26,27). The minimum Gasteiger partial charge on any atom is -0.368 e. The molecule has 2 heterocycles. The molecule has 2 amide bonds. The Hall–Kier alpha value is -3.82. The number of benzene rings is 1. The van der Waals surface area contributed by atoms with Crippen molar-refractivity contribution in [3.05, 3.63) is 48.2 Å². The number of hydrogen-bond donors (Lipinski definition) is 4. The zero-order chi connectivity index (χ0) is 21.1. The Morgan fingerprint density at radius 3 is 2.55 bits per heavy atom. The van der Waals surface area contributed by atoms with Crippen LogP contribution in [0.5, 0.6) is 0 Å². The molecule has 0 fully saturated rings. The number of carbonyl (C=O) groups is 2. The summed E-state index contributed by atoms with van der Waals surface area (Å²) in [5, 5.41) is 6.39. The van der Waals surface area contributed by atoms with Crippen LogP contribution >= 0.6 is 0 Å². The first-order valence-electron chi connectivity index (χ1n) is 8.80. The van der Waals surface area contributed by atoms with E-state index in [1.807, 2.05) is 13.8 Å². The fourth-order valence-corrected chi connectivity index (χ4v) is 2.78. The Bertz CT molecular complexity index is 1090. The van der Waals surface area contributed by atoms with E-state index in [9.17, 15) is 14.0 Å². The molecule has 0 aliphatic carbocycles. The second-order valence-corrected chi connectivity index (χ2v) is 6.75. The van der Waals surface area contributed by atoms with Crippen LogP contribution in [-0.4, -0.2) is 32.8 Å². The molecular weight excluding hydrogens is 377 g/mol. The number of nitrogens with zero attached hydrogens (tertiary/aromatic N) is 3. The van der Waals surface area contributed by atoms with Gasteiger partial charge in [-0.3, -0.25) is 14.6 Å². The van der Waals surface area contributed by atoms with Gasteiger partial charge in [0.1, 0.15) is 23.2 Å². The highest BCUT2D eigenvalue weighted by molar-refractivity contribution is 5.96. The molecule has 0 saturated carbocycles. The first-order chi connectivity index (χ1) is 13.8. The Morgan fingerprint density at radius 1 is 1.14 bits per heavy atom. The second kappa shape index (κ2) is 8.05. The number of halogens is 1. The largest absolute Gasteiger partial charge is 0.368 e. The maximum atomic E-state index is 13.8. The molecule has 150 valence electrons. The number of nitrogens with two attached hydrogens (primary N) is 2. The monoisotopic (exact) mass is 397 g/mol. The van der Waals surface area contributed by atoms with Gasteiger partial charge in [0.05, 0.1) is 18.1 Å².